The summed E-state index contributed by atoms with van der Waals surface area (Å²) in [6, 6.07) is 0.404. The van der Waals surface area contributed by atoms with Gasteiger partial charge in [-0.3, -0.25) is 14.7 Å². The quantitative estimate of drug-likeness (QED) is 0.303. The Morgan fingerprint density at radius 1 is 1.42 bits per heavy atom. The number of carbonyl (C=O) groups excluding carboxylic acids is 1. The van der Waals surface area contributed by atoms with Gasteiger partial charge in [0, 0.05) is 56.8 Å². The average molecular weight is 494 g/mol. The number of halogens is 1. The molecule has 1 aliphatic rings. The largest absolute Gasteiger partial charge is 0.358 e. The summed E-state index contributed by atoms with van der Waals surface area (Å²) in [4.78, 5) is 24.0. The number of aliphatic imine (C=N–C) groups is 1. The van der Waals surface area contributed by atoms with Crippen molar-refractivity contribution >= 4 is 47.2 Å². The third kappa shape index (κ3) is 8.17. The highest BCUT2D eigenvalue weighted by atomic mass is 127. The Morgan fingerprint density at radius 2 is 2.15 bits per heavy atom. The van der Waals surface area contributed by atoms with E-state index in [2.05, 4.69) is 44.7 Å². The topological polar surface area (TPSA) is 81.7 Å². The summed E-state index contributed by atoms with van der Waals surface area (Å²) < 4.78 is 0. The number of likely N-dealkylation sites (tertiary alicyclic amines) is 1. The molecule has 7 nitrogen and oxygen atoms in total. The van der Waals surface area contributed by atoms with Crippen LogP contribution in [-0.4, -0.2) is 67.6 Å². The molecule has 1 aromatic rings. The first-order valence-electron chi connectivity index (χ1n) is 8.99. The number of hydrogen-bond donors (Lipinski definition) is 3. The lowest BCUT2D eigenvalue weighted by Gasteiger charge is -2.32. The van der Waals surface area contributed by atoms with Gasteiger partial charge in [0.1, 0.15) is 0 Å². The van der Waals surface area contributed by atoms with Crippen molar-refractivity contribution in [3.63, 3.8) is 0 Å². The molecule has 0 aliphatic carbocycles. The number of hydrogen-bond acceptors (Lipinski definition) is 5. The molecule has 1 aliphatic heterocycles. The Labute approximate surface area is 177 Å². The number of nitrogens with zero attached hydrogens (tertiary/aromatic N) is 3. The summed E-state index contributed by atoms with van der Waals surface area (Å²) >= 11 is 1.74. The maximum atomic E-state index is 11.5. The van der Waals surface area contributed by atoms with Crippen molar-refractivity contribution < 1.29 is 4.79 Å². The SMILES string of the molecule is CCNC(=NCCc1ncc(C)s1)NC1CCN(CC(=O)NC)CC1.I. The van der Waals surface area contributed by atoms with Crippen LogP contribution < -0.4 is 16.0 Å². The molecule has 1 aromatic heterocycles. The van der Waals surface area contributed by atoms with Gasteiger partial charge in [-0.15, -0.1) is 35.3 Å². The molecular formula is C17H31IN6OS. The molecule has 0 unspecified atom stereocenters. The van der Waals surface area contributed by atoms with E-state index >= 15 is 0 Å². The summed E-state index contributed by atoms with van der Waals surface area (Å²) in [5, 5.41) is 10.7. The van der Waals surface area contributed by atoms with Crippen LogP contribution >= 0.6 is 35.3 Å². The van der Waals surface area contributed by atoms with Gasteiger partial charge in [0.05, 0.1) is 11.6 Å². The van der Waals surface area contributed by atoms with Crippen LogP contribution in [0.4, 0.5) is 0 Å². The third-order valence-electron chi connectivity index (χ3n) is 4.18. The zero-order chi connectivity index (χ0) is 18.1. The first kappa shape index (κ1) is 23.1. The van der Waals surface area contributed by atoms with Gasteiger partial charge in [-0.05, 0) is 26.7 Å². The normalized spacial score (nSPS) is 16.0. The first-order valence-corrected chi connectivity index (χ1v) is 9.81. The lowest BCUT2D eigenvalue weighted by atomic mass is 10.1. The van der Waals surface area contributed by atoms with E-state index in [1.54, 1.807) is 18.4 Å². The van der Waals surface area contributed by atoms with Gasteiger partial charge < -0.3 is 16.0 Å². The molecule has 0 atom stereocenters. The number of amides is 1. The highest BCUT2D eigenvalue weighted by Gasteiger charge is 2.21. The van der Waals surface area contributed by atoms with E-state index in [1.165, 1.54) is 4.88 Å². The van der Waals surface area contributed by atoms with E-state index in [0.717, 1.165) is 56.4 Å². The van der Waals surface area contributed by atoms with Gasteiger partial charge in [-0.2, -0.15) is 0 Å². The van der Waals surface area contributed by atoms with Crippen LogP contribution in [0.25, 0.3) is 0 Å². The second-order valence-corrected chi connectivity index (χ2v) is 7.56. The zero-order valence-corrected chi connectivity index (χ0v) is 19.0. The molecule has 0 spiro atoms. The number of nitrogens with one attached hydrogen (secondary N) is 3. The van der Waals surface area contributed by atoms with Crippen molar-refractivity contribution in [1.29, 1.82) is 0 Å². The lowest BCUT2D eigenvalue weighted by molar-refractivity contribution is -0.122. The molecule has 0 saturated carbocycles. The summed E-state index contributed by atoms with van der Waals surface area (Å²) in [5.74, 6) is 0.958. The Bertz CT molecular complexity index is 571. The van der Waals surface area contributed by atoms with Gasteiger partial charge in [-0.25, -0.2) is 4.98 Å². The van der Waals surface area contributed by atoms with Crippen LogP contribution in [0.5, 0.6) is 0 Å². The van der Waals surface area contributed by atoms with Crippen molar-refractivity contribution in [2.45, 2.75) is 39.2 Å². The van der Waals surface area contributed by atoms with E-state index in [0.29, 0.717) is 12.6 Å². The molecule has 148 valence electrons. The second kappa shape index (κ2) is 12.4. The molecule has 0 aromatic carbocycles. The Hall–Kier alpha value is -0.940. The molecular weight excluding hydrogens is 463 g/mol. The molecule has 9 heteroatoms. The molecule has 3 N–H and O–H groups in total. The fourth-order valence-corrected chi connectivity index (χ4v) is 3.59. The number of likely N-dealkylation sites (N-methyl/N-ethyl adjacent to an activating group) is 1. The molecule has 0 radical (unpaired) electrons. The van der Waals surface area contributed by atoms with Gasteiger partial charge in [-0.1, -0.05) is 0 Å². The summed E-state index contributed by atoms with van der Waals surface area (Å²) in [5.41, 5.74) is 0. The predicted octanol–water partition coefficient (Wildman–Crippen LogP) is 1.38. The number of carbonyl (C=O) groups is 1. The minimum absolute atomic E-state index is 0. The number of piperidine rings is 1. The molecule has 1 fully saturated rings. The van der Waals surface area contributed by atoms with Crippen LogP contribution in [0.2, 0.25) is 0 Å². The molecule has 26 heavy (non-hydrogen) atoms. The van der Waals surface area contributed by atoms with E-state index in [-0.39, 0.29) is 29.9 Å². The fraction of sp³-hybridized carbons (Fsp3) is 0.706. The predicted molar refractivity (Wildman–Crippen MR) is 119 cm³/mol. The van der Waals surface area contributed by atoms with Crippen molar-refractivity contribution in [3.8, 4) is 0 Å². The fourth-order valence-electron chi connectivity index (χ4n) is 2.81. The smallest absolute Gasteiger partial charge is 0.233 e. The minimum Gasteiger partial charge on any atom is -0.358 e. The van der Waals surface area contributed by atoms with Crippen molar-refractivity contribution in [1.82, 2.24) is 25.8 Å². The Balaban J connectivity index is 0.00000338. The maximum absolute atomic E-state index is 11.5. The number of rotatable bonds is 7. The van der Waals surface area contributed by atoms with E-state index < -0.39 is 0 Å². The van der Waals surface area contributed by atoms with Crippen LogP contribution in [0, 0.1) is 6.92 Å². The highest BCUT2D eigenvalue weighted by Crippen LogP contribution is 2.12. The van der Waals surface area contributed by atoms with Crippen LogP contribution in [0.15, 0.2) is 11.2 Å². The van der Waals surface area contributed by atoms with Gasteiger partial charge in [0.2, 0.25) is 5.91 Å². The number of thiazole rings is 1. The van der Waals surface area contributed by atoms with Crippen molar-refractivity contribution in [3.05, 3.63) is 16.1 Å². The van der Waals surface area contributed by atoms with Gasteiger partial charge >= 0.3 is 0 Å². The molecule has 2 heterocycles. The molecule has 0 bridgehead atoms. The first-order chi connectivity index (χ1) is 12.1. The minimum atomic E-state index is 0. The summed E-state index contributed by atoms with van der Waals surface area (Å²) in [6.07, 6.45) is 4.83. The van der Waals surface area contributed by atoms with Gasteiger partial charge in [0.25, 0.3) is 0 Å². The molecule has 1 amide bonds. The van der Waals surface area contributed by atoms with Crippen molar-refractivity contribution in [2.24, 2.45) is 4.99 Å². The summed E-state index contributed by atoms with van der Waals surface area (Å²) in [6.45, 7) is 8.09. The Kier molecular flexibility index (Phi) is 11.1. The Morgan fingerprint density at radius 3 is 2.73 bits per heavy atom. The van der Waals surface area contributed by atoms with E-state index in [9.17, 15) is 4.79 Å². The standard InChI is InChI=1S/C17H30N6OS.HI/c1-4-19-17(20-8-5-16-21-11-13(2)25-16)22-14-6-9-23(10-7-14)12-15(24)18-3;/h11,14H,4-10,12H2,1-3H3,(H,18,24)(H2,19,20,22);1H. The summed E-state index contributed by atoms with van der Waals surface area (Å²) in [7, 11) is 1.68. The monoisotopic (exact) mass is 494 g/mol. The lowest BCUT2D eigenvalue weighted by Crippen LogP contribution is -2.50. The average Bonchev–Trinajstić information content (AvgIpc) is 3.02. The maximum Gasteiger partial charge on any atom is 0.233 e. The highest BCUT2D eigenvalue weighted by molar-refractivity contribution is 14.0. The number of aryl methyl sites for hydroxylation is 1. The second-order valence-electron chi connectivity index (χ2n) is 6.24. The van der Waals surface area contributed by atoms with Crippen molar-refractivity contribution in [2.75, 3.05) is 39.8 Å². The van der Waals surface area contributed by atoms with Crippen LogP contribution in [-0.2, 0) is 11.2 Å². The zero-order valence-electron chi connectivity index (χ0n) is 15.9. The van der Waals surface area contributed by atoms with Gasteiger partial charge in [0.15, 0.2) is 5.96 Å². The van der Waals surface area contributed by atoms with E-state index in [1.807, 2.05) is 6.20 Å². The third-order valence-corrected chi connectivity index (χ3v) is 5.16. The van der Waals surface area contributed by atoms with E-state index in [4.69, 9.17) is 0 Å². The molecule has 1 saturated heterocycles. The van der Waals surface area contributed by atoms with Crippen LogP contribution in [0.1, 0.15) is 29.7 Å². The number of aromatic nitrogens is 1. The van der Waals surface area contributed by atoms with Crippen LogP contribution in [0.3, 0.4) is 0 Å². The number of guanidine groups is 1. The molecule has 2 rings (SSSR count).